The monoisotopic (exact) mass is 644 g/mol. The largest absolute Gasteiger partial charge is 0.616 e. The fraction of sp³-hybridized carbons (Fsp3) is 0.556. The number of methoxy groups -OCH3 is 1. The number of halogens is 7. The molecule has 8 nitrogen and oxygen atoms in total. The maximum Gasteiger partial charge on any atom is 0.427 e. The summed E-state index contributed by atoms with van der Waals surface area (Å²) in [5.41, 5.74) is -2.96. The van der Waals surface area contributed by atoms with E-state index in [9.17, 15) is 50.5 Å². The number of nitrogens with one attached hydrogen (secondary N) is 1. The number of hydrogen-bond acceptors (Lipinski definition) is 7. The second-order valence-corrected chi connectivity index (χ2v) is 12.4. The molecule has 1 aliphatic heterocycles. The van der Waals surface area contributed by atoms with E-state index in [1.54, 1.807) is 6.07 Å². The Balaban J connectivity index is 1.80. The molecule has 0 bridgehead atoms. The van der Waals surface area contributed by atoms with Gasteiger partial charge >= 0.3 is 18.0 Å². The zero-order valence-electron chi connectivity index (χ0n) is 23.3. The molecule has 0 aromatic heterocycles. The zero-order valence-corrected chi connectivity index (χ0v) is 24.1. The highest BCUT2D eigenvalue weighted by molar-refractivity contribution is 7.91. The van der Waals surface area contributed by atoms with E-state index >= 15 is 0 Å². The van der Waals surface area contributed by atoms with Crippen molar-refractivity contribution in [2.45, 2.75) is 62.8 Å². The lowest BCUT2D eigenvalue weighted by Gasteiger charge is -2.36. The second-order valence-electron chi connectivity index (χ2n) is 10.8. The molecular weight excluding hydrogens is 613 g/mol. The van der Waals surface area contributed by atoms with Crippen LogP contribution in [0.1, 0.15) is 30.5 Å². The van der Waals surface area contributed by atoms with Crippen LogP contribution in [0.25, 0.3) is 0 Å². The van der Waals surface area contributed by atoms with Gasteiger partial charge in [-0.25, -0.2) is 0 Å². The number of ether oxygens (including phenoxy) is 2. The molecule has 16 heteroatoms. The summed E-state index contributed by atoms with van der Waals surface area (Å²) in [6.07, 6.45) is -13.5. The minimum absolute atomic E-state index is 0.00132. The third-order valence-electron chi connectivity index (χ3n) is 7.31. The topological polar surface area (TPSA) is 117 Å². The van der Waals surface area contributed by atoms with E-state index in [4.69, 9.17) is 4.74 Å². The first kappa shape index (κ1) is 34.8. The lowest BCUT2D eigenvalue weighted by molar-refractivity contribution is -0.389. The number of hydrogen-bond donors (Lipinski definition) is 2. The molecule has 1 fully saturated rings. The number of benzene rings is 2. The van der Waals surface area contributed by atoms with Gasteiger partial charge in [-0.15, -0.1) is 0 Å². The second kappa shape index (κ2) is 13.5. The number of nitro groups is 1. The summed E-state index contributed by atoms with van der Waals surface area (Å²) in [5.74, 6) is -3.31. The van der Waals surface area contributed by atoms with Gasteiger partial charge in [-0.2, -0.15) is 30.7 Å². The van der Waals surface area contributed by atoms with Crippen molar-refractivity contribution in [1.82, 2.24) is 5.32 Å². The number of nitrogens with zero attached hydrogens (tertiary/aromatic N) is 1. The van der Waals surface area contributed by atoms with Crippen LogP contribution in [0.4, 0.5) is 36.4 Å². The quantitative estimate of drug-likeness (QED) is 0.154. The molecule has 1 heterocycles. The van der Waals surface area contributed by atoms with Gasteiger partial charge in [-0.1, -0.05) is 35.4 Å². The molecule has 0 spiro atoms. The van der Waals surface area contributed by atoms with Crippen LogP contribution in [0.3, 0.4) is 0 Å². The van der Waals surface area contributed by atoms with Gasteiger partial charge in [0.25, 0.3) is 0 Å². The summed E-state index contributed by atoms with van der Waals surface area (Å²) in [6, 6.07) is 6.60. The van der Waals surface area contributed by atoms with E-state index in [2.05, 4.69) is 10.1 Å². The van der Waals surface area contributed by atoms with E-state index in [0.29, 0.717) is 5.56 Å². The Bertz CT molecular complexity index is 1280. The zero-order chi connectivity index (χ0) is 32.3. The SMILES string of the molecule is COC[C@@H](Oc1cc(C[C@@H]2C[S@@+]([O-])C[C@H](NCc3cccc(C(C)(C)C(F)(F)F)c3)[C@H]2O)cc(F)c1[N+](=O)[O-])C(F)(F)F. The van der Waals surface area contributed by atoms with Crippen molar-refractivity contribution >= 4 is 16.9 Å². The molecule has 0 aliphatic carbocycles. The third-order valence-corrected chi connectivity index (χ3v) is 8.84. The van der Waals surface area contributed by atoms with Gasteiger partial charge in [0, 0.05) is 19.6 Å². The minimum atomic E-state index is -4.99. The Kier molecular flexibility index (Phi) is 11.0. The van der Waals surface area contributed by atoms with Crippen LogP contribution in [0.2, 0.25) is 0 Å². The molecule has 43 heavy (non-hydrogen) atoms. The molecule has 240 valence electrons. The van der Waals surface area contributed by atoms with Crippen molar-refractivity contribution in [1.29, 1.82) is 0 Å². The highest BCUT2D eigenvalue weighted by Crippen LogP contribution is 2.41. The molecule has 2 aromatic rings. The Morgan fingerprint density at radius 2 is 1.79 bits per heavy atom. The smallest absolute Gasteiger partial charge is 0.427 e. The van der Waals surface area contributed by atoms with Crippen LogP contribution < -0.4 is 10.1 Å². The molecular formula is C27H31F7N2O6S. The van der Waals surface area contributed by atoms with Gasteiger partial charge in [0.15, 0.2) is 0 Å². The molecule has 0 radical (unpaired) electrons. The molecule has 0 unspecified atom stereocenters. The molecule has 1 saturated heterocycles. The van der Waals surface area contributed by atoms with E-state index in [-0.39, 0.29) is 35.6 Å². The minimum Gasteiger partial charge on any atom is -0.616 e. The lowest BCUT2D eigenvalue weighted by atomic mass is 9.83. The highest BCUT2D eigenvalue weighted by atomic mass is 32.2. The first-order valence-electron chi connectivity index (χ1n) is 13.0. The van der Waals surface area contributed by atoms with Crippen molar-refractivity contribution in [3.8, 4) is 5.75 Å². The van der Waals surface area contributed by atoms with Gasteiger partial charge in [0.2, 0.25) is 17.7 Å². The van der Waals surface area contributed by atoms with E-state index in [0.717, 1.165) is 33.1 Å². The van der Waals surface area contributed by atoms with Crippen LogP contribution in [0, 0.1) is 21.8 Å². The molecule has 3 rings (SSSR count). The number of alkyl halides is 6. The highest BCUT2D eigenvalue weighted by Gasteiger charge is 2.48. The molecule has 0 amide bonds. The van der Waals surface area contributed by atoms with Gasteiger partial charge in [-0.05, 0) is 49.1 Å². The summed E-state index contributed by atoms with van der Waals surface area (Å²) >= 11 is -1.50. The first-order chi connectivity index (χ1) is 19.8. The molecule has 0 saturated carbocycles. The molecule has 2 N–H and O–H groups in total. The van der Waals surface area contributed by atoms with Crippen LogP contribution >= 0.6 is 0 Å². The molecule has 5 atom stereocenters. The molecule has 1 aliphatic rings. The normalized spacial score (nSPS) is 22.3. The summed E-state index contributed by atoms with van der Waals surface area (Å²) in [4.78, 5) is 10.2. The number of rotatable bonds is 11. The fourth-order valence-corrected chi connectivity index (χ4v) is 6.33. The van der Waals surface area contributed by atoms with E-state index < -0.39 is 81.9 Å². The predicted molar refractivity (Wildman–Crippen MR) is 143 cm³/mol. The summed E-state index contributed by atoms with van der Waals surface area (Å²) < 4.78 is 117. The Morgan fingerprint density at radius 3 is 2.37 bits per heavy atom. The standard InChI is InChI=1S/C27H31F7N2O6S/c1-25(2,27(32,33)34)18-6-4-5-15(8-18)11-35-20-14-43(40)13-17(24(20)37)7-16-9-19(28)23(36(38)39)21(10-16)42-22(12-41-3)26(29,30)31/h4-6,8-10,17,20,22,24,35,37H,7,11-14H2,1-3H3/t17-,20+,22-,24+,43-/m1/s1. The van der Waals surface area contributed by atoms with Crippen molar-refractivity contribution in [2.24, 2.45) is 5.92 Å². The van der Waals surface area contributed by atoms with Crippen LogP contribution in [-0.4, -0.2) is 70.4 Å². The summed E-state index contributed by atoms with van der Waals surface area (Å²) in [5, 5.41) is 25.5. The molecule has 2 aromatic carbocycles. The lowest BCUT2D eigenvalue weighted by Crippen LogP contribution is -2.54. The van der Waals surface area contributed by atoms with E-state index in [1.807, 2.05) is 0 Å². The van der Waals surface area contributed by atoms with E-state index in [1.165, 1.54) is 18.2 Å². The van der Waals surface area contributed by atoms with Crippen LogP contribution in [0.15, 0.2) is 36.4 Å². The van der Waals surface area contributed by atoms with Gasteiger partial charge in [0.1, 0.15) is 11.5 Å². The Morgan fingerprint density at radius 1 is 1.12 bits per heavy atom. The van der Waals surface area contributed by atoms with Crippen LogP contribution in [0.5, 0.6) is 5.75 Å². The number of aliphatic hydroxyl groups excluding tert-OH is 1. The number of nitro benzene ring substituents is 1. The van der Waals surface area contributed by atoms with Crippen molar-refractivity contribution < 1.29 is 54.8 Å². The maximum atomic E-state index is 14.8. The maximum absolute atomic E-state index is 14.8. The van der Waals surface area contributed by atoms with Crippen molar-refractivity contribution in [2.75, 3.05) is 25.2 Å². The van der Waals surface area contributed by atoms with Gasteiger partial charge in [0.05, 0.1) is 29.1 Å². The number of aliphatic hydroxyl groups is 1. The van der Waals surface area contributed by atoms with Crippen molar-refractivity contribution in [3.05, 3.63) is 69.0 Å². The average Bonchev–Trinajstić information content (AvgIpc) is 2.88. The summed E-state index contributed by atoms with van der Waals surface area (Å²) in [7, 11) is 0.961. The Hall–Kier alpha value is -2.66. The van der Waals surface area contributed by atoms with Gasteiger partial charge < -0.3 is 24.4 Å². The first-order valence-corrected chi connectivity index (χ1v) is 14.5. The summed E-state index contributed by atoms with van der Waals surface area (Å²) in [6.45, 7) is 1.11. The third kappa shape index (κ3) is 8.50. The predicted octanol–water partition coefficient (Wildman–Crippen LogP) is 4.97. The van der Waals surface area contributed by atoms with Gasteiger partial charge in [-0.3, -0.25) is 10.1 Å². The van der Waals surface area contributed by atoms with Crippen LogP contribution in [-0.2, 0) is 34.3 Å². The fourth-order valence-electron chi connectivity index (χ4n) is 4.69. The average molecular weight is 645 g/mol. The Labute approximate surface area is 245 Å². The van der Waals surface area contributed by atoms with Crippen molar-refractivity contribution in [3.63, 3.8) is 0 Å².